The molecule has 0 unspecified atom stereocenters. The van der Waals surface area contributed by atoms with E-state index in [4.69, 9.17) is 5.11 Å². The van der Waals surface area contributed by atoms with Gasteiger partial charge in [-0.3, -0.25) is 0 Å². The van der Waals surface area contributed by atoms with Crippen LogP contribution in [0.15, 0.2) is 24.3 Å². The maximum Gasteiger partial charge on any atom is 0.337 e. The molecule has 1 saturated carbocycles. The smallest absolute Gasteiger partial charge is 0.337 e. The molecule has 17 heavy (non-hydrogen) atoms. The first-order valence-electron chi connectivity index (χ1n) is 5.93. The number of nitrogens with one attached hydrogen (secondary N) is 1. The van der Waals surface area contributed by atoms with Crippen LogP contribution >= 0.6 is 0 Å². The molecule has 0 spiro atoms. The van der Waals surface area contributed by atoms with Crippen LogP contribution in [0.1, 0.15) is 36.0 Å². The Labute approximate surface area is 100 Å². The summed E-state index contributed by atoms with van der Waals surface area (Å²) in [5.74, 6) is -0.913. The van der Waals surface area contributed by atoms with Crippen LogP contribution in [0.5, 0.6) is 0 Å². The maximum atomic E-state index is 11.0. The van der Waals surface area contributed by atoms with Crippen molar-refractivity contribution in [2.24, 2.45) is 0 Å². The minimum atomic E-state index is -0.913. The third-order valence-electron chi connectivity index (χ3n) is 3.21. The van der Waals surface area contributed by atoms with Gasteiger partial charge in [-0.25, -0.2) is 4.79 Å². The van der Waals surface area contributed by atoms with Gasteiger partial charge >= 0.3 is 5.97 Å². The fraction of sp³-hybridized carbons (Fsp3) is 0.462. The quantitative estimate of drug-likeness (QED) is 0.750. The number of carboxylic acids is 1. The van der Waals surface area contributed by atoms with Crippen LogP contribution in [-0.2, 0) is 0 Å². The summed E-state index contributed by atoms with van der Waals surface area (Å²) in [5.41, 5.74) is 0.972. The summed E-state index contributed by atoms with van der Waals surface area (Å²) in [6.45, 7) is 0. The van der Waals surface area contributed by atoms with Crippen molar-refractivity contribution in [1.29, 1.82) is 0 Å². The van der Waals surface area contributed by atoms with Crippen LogP contribution in [0.25, 0.3) is 0 Å². The Morgan fingerprint density at radius 3 is 2.47 bits per heavy atom. The molecule has 0 radical (unpaired) electrons. The van der Waals surface area contributed by atoms with E-state index in [1.807, 2.05) is 6.07 Å². The third kappa shape index (κ3) is 2.97. The molecule has 0 saturated heterocycles. The number of aliphatic hydroxyl groups is 1. The predicted octanol–water partition coefficient (Wildman–Crippen LogP) is 2.10. The Bertz CT molecular complexity index is 397. The number of hydrogen-bond donors (Lipinski definition) is 3. The van der Waals surface area contributed by atoms with Gasteiger partial charge in [-0.2, -0.15) is 0 Å². The lowest BCUT2D eigenvalue weighted by molar-refractivity contribution is 0.0697. The summed E-state index contributed by atoms with van der Waals surface area (Å²) in [4.78, 5) is 11.0. The number of aromatic carboxylic acids is 1. The lowest BCUT2D eigenvalue weighted by Crippen LogP contribution is -2.28. The van der Waals surface area contributed by atoms with Crippen molar-refractivity contribution in [2.75, 3.05) is 5.32 Å². The van der Waals surface area contributed by atoms with Gasteiger partial charge in [-0.1, -0.05) is 12.1 Å². The molecule has 0 aliphatic heterocycles. The average molecular weight is 235 g/mol. The van der Waals surface area contributed by atoms with Gasteiger partial charge < -0.3 is 15.5 Å². The van der Waals surface area contributed by atoms with E-state index in [-0.39, 0.29) is 12.1 Å². The van der Waals surface area contributed by atoms with E-state index in [0.717, 1.165) is 25.7 Å². The average Bonchev–Trinajstić information content (AvgIpc) is 2.32. The molecule has 92 valence electrons. The van der Waals surface area contributed by atoms with E-state index >= 15 is 0 Å². The second-order valence-corrected chi connectivity index (χ2v) is 4.50. The lowest BCUT2D eigenvalue weighted by Gasteiger charge is -2.27. The number of anilines is 1. The molecule has 2 rings (SSSR count). The van der Waals surface area contributed by atoms with Crippen molar-refractivity contribution in [2.45, 2.75) is 37.8 Å². The number of benzene rings is 1. The zero-order valence-electron chi connectivity index (χ0n) is 9.60. The predicted molar refractivity (Wildman–Crippen MR) is 65.3 cm³/mol. The van der Waals surface area contributed by atoms with Crippen molar-refractivity contribution in [3.8, 4) is 0 Å². The first-order chi connectivity index (χ1) is 8.16. The van der Waals surface area contributed by atoms with Gasteiger partial charge in [0.1, 0.15) is 0 Å². The normalized spacial score (nSPS) is 24.3. The SMILES string of the molecule is O=C(O)c1ccccc1NC1CCC(O)CC1. The van der Waals surface area contributed by atoms with Gasteiger partial charge in [-0.15, -0.1) is 0 Å². The molecule has 1 aliphatic carbocycles. The van der Waals surface area contributed by atoms with Crippen LogP contribution in [0.4, 0.5) is 5.69 Å². The second-order valence-electron chi connectivity index (χ2n) is 4.50. The van der Waals surface area contributed by atoms with E-state index in [2.05, 4.69) is 5.32 Å². The Morgan fingerprint density at radius 2 is 1.82 bits per heavy atom. The largest absolute Gasteiger partial charge is 0.478 e. The summed E-state index contributed by atoms with van der Waals surface area (Å²) in [6, 6.07) is 7.20. The van der Waals surface area contributed by atoms with Gasteiger partial charge in [0.15, 0.2) is 0 Å². The molecule has 1 fully saturated rings. The molecule has 0 heterocycles. The van der Waals surface area contributed by atoms with Crippen molar-refractivity contribution in [3.05, 3.63) is 29.8 Å². The van der Waals surface area contributed by atoms with Crippen molar-refractivity contribution >= 4 is 11.7 Å². The molecule has 0 atom stereocenters. The molecule has 1 aliphatic rings. The van der Waals surface area contributed by atoms with Crippen LogP contribution < -0.4 is 5.32 Å². The Balaban J connectivity index is 2.05. The van der Waals surface area contributed by atoms with Crippen molar-refractivity contribution in [1.82, 2.24) is 0 Å². The molecule has 0 aromatic heterocycles. The number of hydrogen-bond acceptors (Lipinski definition) is 3. The monoisotopic (exact) mass is 235 g/mol. The van der Waals surface area contributed by atoms with Crippen molar-refractivity contribution in [3.63, 3.8) is 0 Å². The Kier molecular flexibility index (Phi) is 3.64. The highest BCUT2D eigenvalue weighted by Crippen LogP contribution is 2.24. The summed E-state index contributed by atoms with van der Waals surface area (Å²) in [6.07, 6.45) is 3.15. The summed E-state index contributed by atoms with van der Waals surface area (Å²) in [7, 11) is 0. The van der Waals surface area contributed by atoms with E-state index in [1.165, 1.54) is 0 Å². The van der Waals surface area contributed by atoms with Gasteiger partial charge in [-0.05, 0) is 37.8 Å². The fourth-order valence-electron chi connectivity index (χ4n) is 2.24. The van der Waals surface area contributed by atoms with E-state index in [9.17, 15) is 9.90 Å². The maximum absolute atomic E-state index is 11.0. The van der Waals surface area contributed by atoms with Crippen molar-refractivity contribution < 1.29 is 15.0 Å². The number of para-hydroxylation sites is 1. The number of carbonyl (C=O) groups is 1. The Morgan fingerprint density at radius 1 is 1.18 bits per heavy atom. The third-order valence-corrected chi connectivity index (χ3v) is 3.21. The van der Waals surface area contributed by atoms with Gasteiger partial charge in [0.25, 0.3) is 0 Å². The summed E-state index contributed by atoms with van der Waals surface area (Å²) in [5, 5.41) is 21.7. The number of rotatable bonds is 3. The highest BCUT2D eigenvalue weighted by molar-refractivity contribution is 5.94. The van der Waals surface area contributed by atoms with Gasteiger partial charge in [0.05, 0.1) is 11.7 Å². The molecule has 1 aromatic rings. The number of carboxylic acid groups (broad SMARTS) is 1. The number of aliphatic hydroxyl groups excluding tert-OH is 1. The minimum absolute atomic E-state index is 0.192. The lowest BCUT2D eigenvalue weighted by atomic mass is 9.93. The second kappa shape index (κ2) is 5.19. The highest BCUT2D eigenvalue weighted by Gasteiger charge is 2.20. The first kappa shape index (κ1) is 11.9. The van der Waals surface area contributed by atoms with Crippen LogP contribution in [0, 0.1) is 0 Å². The molecule has 0 amide bonds. The van der Waals surface area contributed by atoms with E-state index in [1.54, 1.807) is 18.2 Å². The zero-order chi connectivity index (χ0) is 12.3. The van der Waals surface area contributed by atoms with Gasteiger partial charge in [0.2, 0.25) is 0 Å². The molecular formula is C13H17NO3. The molecular weight excluding hydrogens is 218 g/mol. The fourth-order valence-corrected chi connectivity index (χ4v) is 2.24. The van der Waals surface area contributed by atoms with Gasteiger partial charge in [0, 0.05) is 11.7 Å². The molecule has 1 aromatic carbocycles. The standard InChI is InChI=1S/C13H17NO3/c15-10-7-5-9(6-8-10)14-12-4-2-1-3-11(12)13(16)17/h1-4,9-10,14-15H,5-8H2,(H,16,17). The highest BCUT2D eigenvalue weighted by atomic mass is 16.4. The van der Waals surface area contributed by atoms with Crippen LogP contribution in [0.3, 0.4) is 0 Å². The Hall–Kier alpha value is -1.55. The molecule has 4 nitrogen and oxygen atoms in total. The zero-order valence-corrected chi connectivity index (χ0v) is 9.60. The summed E-state index contributed by atoms with van der Waals surface area (Å²) >= 11 is 0. The topological polar surface area (TPSA) is 69.6 Å². The molecule has 4 heteroatoms. The first-order valence-corrected chi connectivity index (χ1v) is 5.93. The van der Waals surface area contributed by atoms with Crippen LogP contribution in [0.2, 0.25) is 0 Å². The molecule has 3 N–H and O–H groups in total. The van der Waals surface area contributed by atoms with E-state index < -0.39 is 5.97 Å². The molecule has 0 bridgehead atoms. The van der Waals surface area contributed by atoms with Crippen LogP contribution in [-0.4, -0.2) is 28.3 Å². The van der Waals surface area contributed by atoms with E-state index in [0.29, 0.717) is 11.3 Å². The minimum Gasteiger partial charge on any atom is -0.478 e. The summed E-state index contributed by atoms with van der Waals surface area (Å²) < 4.78 is 0.